The number of nitrogens with zero attached hydrogens (tertiary/aromatic N) is 3. The molecule has 0 radical (unpaired) electrons. The van der Waals surface area contributed by atoms with E-state index in [9.17, 15) is 4.79 Å². The van der Waals surface area contributed by atoms with E-state index in [1.54, 1.807) is 4.68 Å². The Bertz CT molecular complexity index is 504. The second-order valence-electron chi connectivity index (χ2n) is 4.04. The highest BCUT2D eigenvalue weighted by Crippen LogP contribution is 2.14. The van der Waals surface area contributed by atoms with Crippen LogP contribution in [0.1, 0.15) is 30.8 Å². The predicted octanol–water partition coefficient (Wildman–Crippen LogP) is 2.50. The number of para-hydroxylation sites is 1. The minimum Gasteiger partial charge on any atom is -0.292 e. The van der Waals surface area contributed by atoms with Crippen LogP contribution < -0.4 is 0 Å². The van der Waals surface area contributed by atoms with Gasteiger partial charge in [0, 0.05) is 5.92 Å². The molecule has 0 saturated carbocycles. The molecule has 0 amide bonds. The molecule has 0 aliphatic carbocycles. The van der Waals surface area contributed by atoms with Gasteiger partial charge in [0.25, 0.3) is 0 Å². The lowest BCUT2D eigenvalue weighted by Crippen LogP contribution is -2.15. The van der Waals surface area contributed by atoms with E-state index in [0.29, 0.717) is 5.69 Å². The van der Waals surface area contributed by atoms with E-state index in [1.165, 1.54) is 6.20 Å². The first-order chi connectivity index (χ1) is 8.24. The molecule has 1 unspecified atom stereocenters. The Balaban J connectivity index is 2.39. The van der Waals surface area contributed by atoms with Gasteiger partial charge in [-0.2, -0.15) is 0 Å². The fraction of sp³-hybridized carbons (Fsp3) is 0.308. The molecule has 0 N–H and O–H groups in total. The Kier molecular flexibility index (Phi) is 3.32. The third-order valence-electron chi connectivity index (χ3n) is 2.86. The highest BCUT2D eigenvalue weighted by Gasteiger charge is 2.19. The summed E-state index contributed by atoms with van der Waals surface area (Å²) < 4.78 is 1.59. The quantitative estimate of drug-likeness (QED) is 0.757. The van der Waals surface area contributed by atoms with E-state index < -0.39 is 0 Å². The molecule has 1 atom stereocenters. The largest absolute Gasteiger partial charge is 0.292 e. The smallest absolute Gasteiger partial charge is 0.185 e. The van der Waals surface area contributed by atoms with Gasteiger partial charge in [0.2, 0.25) is 0 Å². The van der Waals surface area contributed by atoms with Crippen molar-refractivity contribution in [1.29, 1.82) is 0 Å². The van der Waals surface area contributed by atoms with Gasteiger partial charge in [-0.3, -0.25) is 4.79 Å². The van der Waals surface area contributed by atoms with Crippen LogP contribution in [0.2, 0.25) is 0 Å². The Morgan fingerprint density at radius 1 is 1.35 bits per heavy atom. The number of hydrogen-bond acceptors (Lipinski definition) is 3. The predicted molar refractivity (Wildman–Crippen MR) is 65.1 cm³/mol. The van der Waals surface area contributed by atoms with Crippen molar-refractivity contribution in [3.8, 4) is 5.69 Å². The number of Topliss-reactive ketones (excluding diaryl/α,β-unsaturated/α-hetero) is 1. The van der Waals surface area contributed by atoms with Gasteiger partial charge < -0.3 is 0 Å². The number of ketones is 1. The van der Waals surface area contributed by atoms with Gasteiger partial charge in [0.1, 0.15) is 5.69 Å². The zero-order chi connectivity index (χ0) is 12.3. The zero-order valence-electron chi connectivity index (χ0n) is 10.00. The van der Waals surface area contributed by atoms with Gasteiger partial charge in [-0.1, -0.05) is 37.3 Å². The molecule has 2 rings (SSSR count). The second-order valence-corrected chi connectivity index (χ2v) is 4.04. The van der Waals surface area contributed by atoms with Crippen LogP contribution in [0, 0.1) is 5.92 Å². The molecular weight excluding hydrogens is 214 g/mol. The Labute approximate surface area is 100 Å². The van der Waals surface area contributed by atoms with Gasteiger partial charge in [-0.25, -0.2) is 4.68 Å². The summed E-state index contributed by atoms with van der Waals surface area (Å²) in [6, 6.07) is 9.56. The van der Waals surface area contributed by atoms with E-state index >= 15 is 0 Å². The van der Waals surface area contributed by atoms with Crippen molar-refractivity contribution in [2.24, 2.45) is 5.92 Å². The number of rotatable bonds is 4. The van der Waals surface area contributed by atoms with Crippen molar-refractivity contribution in [1.82, 2.24) is 15.0 Å². The number of carbonyl (C=O) groups excluding carboxylic acids is 1. The maximum atomic E-state index is 12.1. The molecule has 0 aliphatic heterocycles. The molecule has 0 aliphatic rings. The standard InChI is InChI=1S/C13H15N3O/c1-3-10(2)13(17)12-9-14-15-16(12)11-7-5-4-6-8-11/h4-10H,3H2,1-2H3. The average molecular weight is 229 g/mol. The van der Waals surface area contributed by atoms with Gasteiger partial charge >= 0.3 is 0 Å². The number of benzene rings is 1. The van der Waals surface area contributed by atoms with E-state index in [2.05, 4.69) is 10.3 Å². The third kappa shape index (κ3) is 2.25. The fourth-order valence-electron chi connectivity index (χ4n) is 1.60. The van der Waals surface area contributed by atoms with Crippen LogP contribution in [0.25, 0.3) is 5.69 Å². The lowest BCUT2D eigenvalue weighted by molar-refractivity contribution is 0.0919. The number of hydrogen-bond donors (Lipinski definition) is 0. The molecule has 0 bridgehead atoms. The van der Waals surface area contributed by atoms with Crippen molar-refractivity contribution in [3.05, 3.63) is 42.2 Å². The first-order valence-electron chi connectivity index (χ1n) is 5.74. The van der Waals surface area contributed by atoms with Crippen LogP contribution in [-0.4, -0.2) is 20.8 Å². The highest BCUT2D eigenvalue weighted by atomic mass is 16.1. The van der Waals surface area contributed by atoms with Crippen LogP contribution in [0.3, 0.4) is 0 Å². The Hall–Kier alpha value is -1.97. The molecule has 1 heterocycles. The van der Waals surface area contributed by atoms with Crippen molar-refractivity contribution in [3.63, 3.8) is 0 Å². The van der Waals surface area contributed by atoms with Crippen molar-refractivity contribution < 1.29 is 4.79 Å². The monoisotopic (exact) mass is 229 g/mol. The second kappa shape index (κ2) is 4.91. The lowest BCUT2D eigenvalue weighted by atomic mass is 10.0. The molecule has 88 valence electrons. The molecule has 4 nitrogen and oxygen atoms in total. The topological polar surface area (TPSA) is 47.8 Å². The van der Waals surface area contributed by atoms with Crippen molar-refractivity contribution in [2.75, 3.05) is 0 Å². The van der Waals surface area contributed by atoms with E-state index in [1.807, 2.05) is 44.2 Å². The maximum absolute atomic E-state index is 12.1. The first kappa shape index (κ1) is 11.5. The summed E-state index contributed by atoms with van der Waals surface area (Å²) in [5.41, 5.74) is 1.40. The number of aromatic nitrogens is 3. The van der Waals surface area contributed by atoms with Crippen LogP contribution in [0.4, 0.5) is 0 Å². The molecule has 2 aromatic rings. The first-order valence-corrected chi connectivity index (χ1v) is 5.74. The minimum atomic E-state index is -0.00374. The van der Waals surface area contributed by atoms with E-state index in [-0.39, 0.29) is 11.7 Å². The SMILES string of the molecule is CCC(C)C(=O)c1cnnn1-c1ccccc1. The van der Waals surface area contributed by atoms with Gasteiger partial charge in [0.15, 0.2) is 5.78 Å². The maximum Gasteiger partial charge on any atom is 0.185 e. The van der Waals surface area contributed by atoms with Gasteiger partial charge in [-0.15, -0.1) is 5.10 Å². The zero-order valence-corrected chi connectivity index (χ0v) is 10.00. The summed E-state index contributed by atoms with van der Waals surface area (Å²) >= 11 is 0. The van der Waals surface area contributed by atoms with Crippen LogP contribution in [0.5, 0.6) is 0 Å². The molecule has 1 aromatic carbocycles. The molecular formula is C13H15N3O. The molecule has 17 heavy (non-hydrogen) atoms. The normalized spacial score (nSPS) is 12.4. The van der Waals surface area contributed by atoms with Crippen molar-refractivity contribution in [2.45, 2.75) is 20.3 Å². The Morgan fingerprint density at radius 3 is 2.71 bits per heavy atom. The summed E-state index contributed by atoms with van der Waals surface area (Å²) in [5, 5.41) is 7.80. The Morgan fingerprint density at radius 2 is 2.06 bits per heavy atom. The van der Waals surface area contributed by atoms with E-state index in [0.717, 1.165) is 12.1 Å². The van der Waals surface area contributed by atoms with Gasteiger partial charge in [-0.05, 0) is 18.6 Å². The fourth-order valence-corrected chi connectivity index (χ4v) is 1.60. The molecule has 1 aromatic heterocycles. The molecule has 0 saturated heterocycles. The highest BCUT2D eigenvalue weighted by molar-refractivity contribution is 5.96. The van der Waals surface area contributed by atoms with Gasteiger partial charge in [0.05, 0.1) is 11.9 Å². The summed E-state index contributed by atoms with van der Waals surface area (Å²) in [5.74, 6) is 0.0808. The number of carbonyl (C=O) groups is 1. The van der Waals surface area contributed by atoms with Crippen LogP contribution >= 0.6 is 0 Å². The summed E-state index contributed by atoms with van der Waals surface area (Å²) in [7, 11) is 0. The summed E-state index contributed by atoms with van der Waals surface area (Å²) in [4.78, 5) is 12.1. The summed E-state index contributed by atoms with van der Waals surface area (Å²) in [6.45, 7) is 3.92. The van der Waals surface area contributed by atoms with Crippen LogP contribution in [0.15, 0.2) is 36.5 Å². The molecule has 0 spiro atoms. The average Bonchev–Trinajstić information content (AvgIpc) is 2.87. The summed E-state index contributed by atoms with van der Waals surface area (Å²) in [6.07, 6.45) is 2.35. The van der Waals surface area contributed by atoms with Crippen LogP contribution in [-0.2, 0) is 0 Å². The minimum absolute atomic E-state index is 0.00374. The van der Waals surface area contributed by atoms with E-state index in [4.69, 9.17) is 0 Å². The third-order valence-corrected chi connectivity index (χ3v) is 2.86. The lowest BCUT2D eigenvalue weighted by Gasteiger charge is -2.08. The molecule has 0 fully saturated rings. The van der Waals surface area contributed by atoms with Crippen molar-refractivity contribution >= 4 is 5.78 Å². The molecule has 4 heteroatoms.